The molecule has 0 amide bonds. The molecule has 1 fully saturated rings. The number of nitrogens with one attached hydrogen (secondary N) is 2. The minimum absolute atomic E-state index is 0.591. The highest BCUT2D eigenvalue weighted by molar-refractivity contribution is 7.98. The van der Waals surface area contributed by atoms with Crippen molar-refractivity contribution in [1.82, 2.24) is 15.2 Å². The van der Waals surface area contributed by atoms with Crippen LogP contribution in [0.4, 0.5) is 5.95 Å². The number of halogens is 1. The maximum Gasteiger partial charge on any atom is 0.240 e. The van der Waals surface area contributed by atoms with E-state index in [4.69, 9.17) is 11.6 Å². The van der Waals surface area contributed by atoms with Crippen molar-refractivity contribution in [2.24, 2.45) is 5.10 Å². The van der Waals surface area contributed by atoms with Crippen LogP contribution in [-0.2, 0) is 5.75 Å². The molecule has 1 aliphatic rings. The molecule has 0 bridgehead atoms. The Kier molecular flexibility index (Phi) is 4.77. The second-order valence-electron chi connectivity index (χ2n) is 4.88. The molecule has 0 radical (unpaired) electrons. The van der Waals surface area contributed by atoms with Crippen molar-refractivity contribution in [3.05, 3.63) is 34.9 Å². The summed E-state index contributed by atoms with van der Waals surface area (Å²) in [5, 5.41) is 12.8. The minimum atomic E-state index is 0.591. The third kappa shape index (κ3) is 4.22. The van der Waals surface area contributed by atoms with Crippen LogP contribution in [0.3, 0.4) is 0 Å². The Morgan fingerprint density at radius 3 is 2.76 bits per heavy atom. The molecule has 7 heteroatoms. The first-order valence-electron chi connectivity index (χ1n) is 6.91. The molecule has 110 valence electrons. The van der Waals surface area contributed by atoms with Gasteiger partial charge in [-0.15, -0.1) is 5.10 Å². The third-order valence-electron chi connectivity index (χ3n) is 3.25. The number of anilines is 1. The summed E-state index contributed by atoms with van der Waals surface area (Å²) in [5.41, 5.74) is 5.34. The van der Waals surface area contributed by atoms with Crippen molar-refractivity contribution in [3.63, 3.8) is 0 Å². The van der Waals surface area contributed by atoms with Gasteiger partial charge in [-0.25, -0.2) is 10.5 Å². The first-order valence-corrected chi connectivity index (χ1v) is 8.27. The zero-order valence-electron chi connectivity index (χ0n) is 11.5. The average molecular weight is 322 g/mol. The SMILES string of the molecule is Clc1ccc(CSc2n[nH]c(NN=C3CCCC3)n2)cc1. The summed E-state index contributed by atoms with van der Waals surface area (Å²) in [5.74, 6) is 1.40. The van der Waals surface area contributed by atoms with E-state index in [1.54, 1.807) is 11.8 Å². The second-order valence-corrected chi connectivity index (χ2v) is 6.26. The smallest absolute Gasteiger partial charge is 0.240 e. The molecule has 0 spiro atoms. The van der Waals surface area contributed by atoms with Crippen LogP contribution < -0.4 is 5.43 Å². The molecule has 0 saturated heterocycles. The maximum atomic E-state index is 5.86. The highest BCUT2D eigenvalue weighted by Gasteiger charge is 2.08. The molecular formula is C14H16ClN5S. The van der Waals surface area contributed by atoms with Gasteiger partial charge in [0.1, 0.15) is 0 Å². The zero-order valence-corrected chi connectivity index (χ0v) is 13.0. The summed E-state index contributed by atoms with van der Waals surface area (Å²) in [4.78, 5) is 4.36. The Hall–Kier alpha value is -1.53. The number of aromatic nitrogens is 3. The molecule has 1 aromatic carbocycles. The standard InChI is InChI=1S/C14H16ClN5S/c15-11-7-5-10(6-8-11)9-21-14-16-13(19-20-14)18-17-12-3-1-2-4-12/h5-8H,1-4,9H2,(H2,16,18,19,20). The number of hydrogen-bond donors (Lipinski definition) is 2. The fourth-order valence-electron chi connectivity index (χ4n) is 2.12. The lowest BCUT2D eigenvalue weighted by Gasteiger charge is -1.98. The number of thioether (sulfide) groups is 1. The van der Waals surface area contributed by atoms with Gasteiger partial charge in [0.05, 0.1) is 0 Å². The van der Waals surface area contributed by atoms with Gasteiger partial charge in [0.25, 0.3) is 0 Å². The van der Waals surface area contributed by atoms with Crippen LogP contribution in [0.5, 0.6) is 0 Å². The van der Waals surface area contributed by atoms with Gasteiger partial charge in [0, 0.05) is 16.5 Å². The first kappa shape index (κ1) is 14.4. The fourth-order valence-corrected chi connectivity index (χ4v) is 3.00. The molecule has 1 heterocycles. The van der Waals surface area contributed by atoms with Crippen LogP contribution in [0.1, 0.15) is 31.2 Å². The highest BCUT2D eigenvalue weighted by atomic mass is 35.5. The second kappa shape index (κ2) is 6.95. The predicted octanol–water partition coefficient (Wildman–Crippen LogP) is 4.09. The number of hydrogen-bond acceptors (Lipinski definition) is 5. The monoisotopic (exact) mass is 321 g/mol. The number of aromatic amines is 1. The molecule has 2 N–H and O–H groups in total. The van der Waals surface area contributed by atoms with Crippen LogP contribution in [-0.4, -0.2) is 20.9 Å². The Morgan fingerprint density at radius 2 is 2.00 bits per heavy atom. The van der Waals surface area contributed by atoms with Crippen molar-refractivity contribution in [1.29, 1.82) is 0 Å². The van der Waals surface area contributed by atoms with Crippen LogP contribution in [0, 0.1) is 0 Å². The summed E-state index contributed by atoms with van der Waals surface area (Å²) in [6.07, 6.45) is 4.64. The van der Waals surface area contributed by atoms with Gasteiger partial charge in [-0.2, -0.15) is 10.1 Å². The molecule has 21 heavy (non-hydrogen) atoms. The van der Waals surface area contributed by atoms with E-state index in [1.807, 2.05) is 24.3 Å². The van der Waals surface area contributed by atoms with Crippen LogP contribution in [0.15, 0.2) is 34.5 Å². The minimum Gasteiger partial charge on any atom is -0.246 e. The van der Waals surface area contributed by atoms with E-state index in [9.17, 15) is 0 Å². The predicted molar refractivity (Wildman–Crippen MR) is 86.9 cm³/mol. The number of rotatable bonds is 5. The van der Waals surface area contributed by atoms with Crippen molar-refractivity contribution >= 4 is 35.0 Å². The Balaban J connectivity index is 1.52. The summed E-state index contributed by atoms with van der Waals surface area (Å²) < 4.78 is 0. The molecule has 0 aliphatic heterocycles. The lowest BCUT2D eigenvalue weighted by Crippen LogP contribution is -1.97. The normalized spacial score (nSPS) is 14.4. The van der Waals surface area contributed by atoms with E-state index in [0.29, 0.717) is 11.1 Å². The van der Waals surface area contributed by atoms with Gasteiger partial charge < -0.3 is 0 Å². The van der Waals surface area contributed by atoms with Gasteiger partial charge >= 0.3 is 0 Å². The van der Waals surface area contributed by atoms with Gasteiger partial charge in [-0.1, -0.05) is 35.5 Å². The topological polar surface area (TPSA) is 66.0 Å². The van der Waals surface area contributed by atoms with Gasteiger partial charge in [0.2, 0.25) is 11.1 Å². The van der Waals surface area contributed by atoms with Crippen molar-refractivity contribution in [3.8, 4) is 0 Å². The van der Waals surface area contributed by atoms with E-state index >= 15 is 0 Å². The number of H-pyrrole nitrogens is 1. The molecule has 3 rings (SSSR count). The lowest BCUT2D eigenvalue weighted by molar-refractivity contribution is 0.886. The summed E-state index contributed by atoms with van der Waals surface area (Å²) >= 11 is 7.44. The van der Waals surface area contributed by atoms with Crippen molar-refractivity contribution in [2.45, 2.75) is 36.6 Å². The van der Waals surface area contributed by atoms with E-state index < -0.39 is 0 Å². The first-order chi connectivity index (χ1) is 10.3. The van der Waals surface area contributed by atoms with Crippen molar-refractivity contribution < 1.29 is 0 Å². The molecule has 2 aromatic rings. The van der Waals surface area contributed by atoms with Gasteiger partial charge in [-0.05, 0) is 43.4 Å². The Morgan fingerprint density at radius 1 is 1.24 bits per heavy atom. The lowest BCUT2D eigenvalue weighted by atomic mass is 10.2. The molecular weight excluding hydrogens is 306 g/mol. The van der Waals surface area contributed by atoms with E-state index in [0.717, 1.165) is 23.6 Å². The zero-order chi connectivity index (χ0) is 14.5. The molecule has 1 aromatic heterocycles. The molecule has 1 saturated carbocycles. The fraction of sp³-hybridized carbons (Fsp3) is 0.357. The largest absolute Gasteiger partial charge is 0.246 e. The molecule has 1 aliphatic carbocycles. The van der Waals surface area contributed by atoms with E-state index in [2.05, 4.69) is 25.7 Å². The van der Waals surface area contributed by atoms with Crippen LogP contribution >= 0.6 is 23.4 Å². The van der Waals surface area contributed by atoms with Crippen LogP contribution in [0.25, 0.3) is 0 Å². The molecule has 0 atom stereocenters. The quantitative estimate of drug-likeness (QED) is 0.643. The Bertz CT molecular complexity index is 615. The summed E-state index contributed by atoms with van der Waals surface area (Å²) in [7, 11) is 0. The van der Waals surface area contributed by atoms with E-state index in [-0.39, 0.29) is 0 Å². The summed E-state index contributed by atoms with van der Waals surface area (Å²) in [6, 6.07) is 7.79. The maximum absolute atomic E-state index is 5.86. The van der Waals surface area contributed by atoms with Crippen LogP contribution in [0.2, 0.25) is 5.02 Å². The number of nitrogens with zero attached hydrogens (tertiary/aromatic N) is 3. The summed E-state index contributed by atoms with van der Waals surface area (Å²) in [6.45, 7) is 0. The van der Waals surface area contributed by atoms with E-state index in [1.165, 1.54) is 24.1 Å². The highest BCUT2D eigenvalue weighted by Crippen LogP contribution is 2.21. The molecule has 5 nitrogen and oxygen atoms in total. The number of hydrazone groups is 1. The molecule has 0 unspecified atom stereocenters. The number of benzene rings is 1. The third-order valence-corrected chi connectivity index (χ3v) is 4.42. The van der Waals surface area contributed by atoms with Gasteiger partial charge in [-0.3, -0.25) is 0 Å². The average Bonchev–Trinajstić information content (AvgIpc) is 3.16. The van der Waals surface area contributed by atoms with Gasteiger partial charge in [0.15, 0.2) is 0 Å². The van der Waals surface area contributed by atoms with Crippen molar-refractivity contribution in [2.75, 3.05) is 5.43 Å². The Labute approximate surface area is 132 Å².